The van der Waals surface area contributed by atoms with Crippen LogP contribution < -0.4 is 35.3 Å². The summed E-state index contributed by atoms with van der Waals surface area (Å²) in [5, 5.41) is 14.7. The highest BCUT2D eigenvalue weighted by Crippen LogP contribution is 2.42. The summed E-state index contributed by atoms with van der Waals surface area (Å²) in [6.45, 7) is 5.76. The average Bonchev–Trinajstić information content (AvgIpc) is 3.91. The number of carbonyl (C=O) groups excluding carboxylic acids is 4. The number of anilines is 1. The lowest BCUT2D eigenvalue weighted by Crippen LogP contribution is -2.50. The summed E-state index contributed by atoms with van der Waals surface area (Å²) in [5.74, 6) is -0.751. The molecule has 67 heavy (non-hydrogen) atoms. The molecular weight excluding hydrogens is 859 g/mol. The van der Waals surface area contributed by atoms with Crippen LogP contribution in [0.2, 0.25) is 0 Å². The molecule has 0 saturated heterocycles. The number of ether oxygens (including phenoxy) is 4. The molecule has 17 nitrogen and oxygen atoms in total. The number of nitrogens with one attached hydrogen (secondary N) is 2. The van der Waals surface area contributed by atoms with Gasteiger partial charge >= 0.3 is 5.97 Å². The third kappa shape index (κ3) is 9.63. The van der Waals surface area contributed by atoms with Crippen molar-refractivity contribution in [2.24, 2.45) is 21.6 Å². The number of methoxy groups -OCH3 is 2. The van der Waals surface area contributed by atoms with Crippen molar-refractivity contribution in [3.8, 4) is 23.0 Å². The Kier molecular flexibility index (Phi) is 13.2. The molecule has 5 N–H and O–H groups in total. The van der Waals surface area contributed by atoms with E-state index in [4.69, 9.17) is 29.7 Å². The number of carbonyl (C=O) groups is 5. The van der Waals surface area contributed by atoms with Gasteiger partial charge in [0.25, 0.3) is 11.8 Å². The molecule has 4 aliphatic heterocycles. The van der Waals surface area contributed by atoms with E-state index in [1.165, 1.54) is 14.2 Å². The minimum atomic E-state index is -1.00. The van der Waals surface area contributed by atoms with Gasteiger partial charge in [0.1, 0.15) is 6.04 Å². The summed E-state index contributed by atoms with van der Waals surface area (Å²) in [7, 11) is 3.00. The van der Waals surface area contributed by atoms with Crippen molar-refractivity contribution < 1.29 is 48.0 Å². The lowest BCUT2D eigenvalue weighted by atomic mass is 10.0. The van der Waals surface area contributed by atoms with Gasteiger partial charge < -0.3 is 50.2 Å². The Hall–Kier alpha value is -7.79. The van der Waals surface area contributed by atoms with Crippen LogP contribution in [0, 0.1) is 5.92 Å². The van der Waals surface area contributed by atoms with Gasteiger partial charge in [-0.05, 0) is 71.5 Å². The fourth-order valence-electron chi connectivity index (χ4n) is 8.09. The zero-order valence-corrected chi connectivity index (χ0v) is 37.6. The molecule has 0 aliphatic carbocycles. The van der Waals surface area contributed by atoms with E-state index in [1.54, 1.807) is 96.0 Å². The highest BCUT2D eigenvalue weighted by molar-refractivity contribution is 6.07. The van der Waals surface area contributed by atoms with Crippen LogP contribution in [-0.2, 0) is 9.59 Å². The van der Waals surface area contributed by atoms with E-state index in [1.807, 2.05) is 32.2 Å². The number of nitrogens with zero attached hydrogens (tertiary/aromatic N) is 4. The predicted octanol–water partition coefficient (Wildman–Crippen LogP) is 6.62. The largest absolute Gasteiger partial charge is 0.493 e. The quantitative estimate of drug-likeness (QED) is 0.0875. The zero-order valence-electron chi connectivity index (χ0n) is 37.6. The van der Waals surface area contributed by atoms with Crippen LogP contribution in [0.4, 0.5) is 17.1 Å². The standard InChI is InChI=1S/C50H51N7O10/c1-27(2)45(51)47(59)54-28(3)46(58)55-34-13-11-30(12-14-34)33-18-36-24-53-40-22-44(42(65-5)20-38(40)49(61)57(36)26-33)67-16-6-15-66-43-21-39-37(19-41(43)64-4)48(60)56-25-32(17-35(56)23-52-39)29-7-9-31(10-8-29)50(62)63/h7-14,19-28,35-36,45H,6,15-18,51H2,1-5H3,(H,54,59)(H,55,58)(H,62,63)/t28-,35-,36-,45-/m0/s1. The van der Waals surface area contributed by atoms with Crippen LogP contribution in [0.1, 0.15) is 82.2 Å². The molecule has 8 rings (SSSR count). The highest BCUT2D eigenvalue weighted by Gasteiger charge is 2.35. The fourth-order valence-corrected chi connectivity index (χ4v) is 8.09. The third-order valence-corrected chi connectivity index (χ3v) is 12.0. The number of rotatable bonds is 16. The Morgan fingerprint density at radius 2 is 1.19 bits per heavy atom. The number of aliphatic imine (C=N–C) groups is 2. The molecular formula is C50H51N7O10. The minimum absolute atomic E-state index is 0.0652. The van der Waals surface area contributed by atoms with Crippen molar-refractivity contribution in [3.63, 3.8) is 0 Å². The maximum Gasteiger partial charge on any atom is 0.335 e. The minimum Gasteiger partial charge on any atom is -0.493 e. The summed E-state index contributed by atoms with van der Waals surface area (Å²) in [4.78, 5) is 76.8. The number of nitrogens with two attached hydrogens (primary N) is 1. The number of amides is 4. The van der Waals surface area contributed by atoms with E-state index in [0.717, 1.165) is 22.3 Å². The van der Waals surface area contributed by atoms with Crippen LogP contribution in [0.5, 0.6) is 23.0 Å². The Morgan fingerprint density at radius 3 is 1.64 bits per heavy atom. The number of hydrogen-bond acceptors (Lipinski definition) is 12. The number of fused-ring (bicyclic) bond motifs is 4. The number of carboxylic acids is 1. The smallest absolute Gasteiger partial charge is 0.335 e. The summed E-state index contributed by atoms with van der Waals surface area (Å²) in [6, 6.07) is 18.3. The van der Waals surface area contributed by atoms with Gasteiger partial charge in [-0.15, -0.1) is 0 Å². The third-order valence-electron chi connectivity index (χ3n) is 12.0. The van der Waals surface area contributed by atoms with Crippen molar-refractivity contribution in [2.45, 2.75) is 64.2 Å². The average molecular weight is 910 g/mol. The first-order valence-electron chi connectivity index (χ1n) is 21.9. The molecule has 0 aromatic heterocycles. The Morgan fingerprint density at radius 1 is 0.716 bits per heavy atom. The van der Waals surface area contributed by atoms with Crippen LogP contribution >= 0.6 is 0 Å². The molecule has 0 fully saturated rings. The van der Waals surface area contributed by atoms with Gasteiger partial charge in [-0.1, -0.05) is 38.1 Å². The highest BCUT2D eigenvalue weighted by atomic mass is 16.5. The van der Waals surface area contributed by atoms with Crippen LogP contribution in [0.15, 0.2) is 95.2 Å². The van der Waals surface area contributed by atoms with Gasteiger partial charge in [0.05, 0.1) is 73.6 Å². The summed E-state index contributed by atoms with van der Waals surface area (Å²) in [6.07, 6.45) is 8.60. The van der Waals surface area contributed by atoms with E-state index in [-0.39, 0.29) is 60.4 Å². The van der Waals surface area contributed by atoms with E-state index < -0.39 is 18.1 Å². The number of carboxylic acid groups (broad SMARTS) is 1. The SMILES string of the molecule is COc1cc2c(cc1OCCCOc1cc3c(cc1OC)C(=O)N1C=C(c4ccc(C(=O)O)cc4)C[C@H]1C=N3)N=C[C@@H]1CC(c3ccc(NC(=O)[C@H](C)NC(=O)[C@@H](N)C(C)C)cc3)=CN1C2=O. The van der Waals surface area contributed by atoms with E-state index in [2.05, 4.69) is 15.6 Å². The van der Waals surface area contributed by atoms with Crippen LogP contribution in [0.3, 0.4) is 0 Å². The molecule has 4 aromatic rings. The van der Waals surface area contributed by atoms with Crippen LogP contribution in [0.25, 0.3) is 11.1 Å². The van der Waals surface area contributed by atoms with Gasteiger partial charge in [-0.3, -0.25) is 29.2 Å². The second kappa shape index (κ2) is 19.4. The summed E-state index contributed by atoms with van der Waals surface area (Å²) in [5.41, 5.74) is 11.8. The fraction of sp³-hybridized carbons (Fsp3) is 0.300. The van der Waals surface area contributed by atoms with Gasteiger partial charge in [0, 0.05) is 61.9 Å². The van der Waals surface area contributed by atoms with Crippen molar-refractivity contribution in [1.29, 1.82) is 0 Å². The van der Waals surface area contributed by atoms with E-state index in [9.17, 15) is 29.1 Å². The van der Waals surface area contributed by atoms with Gasteiger partial charge in [0.2, 0.25) is 11.8 Å². The molecule has 0 radical (unpaired) electrons. The molecule has 346 valence electrons. The van der Waals surface area contributed by atoms with E-state index in [0.29, 0.717) is 70.4 Å². The van der Waals surface area contributed by atoms with E-state index >= 15 is 0 Å². The van der Waals surface area contributed by atoms with Crippen LogP contribution in [-0.4, -0.2) is 109 Å². The Balaban J connectivity index is 0.862. The monoisotopic (exact) mass is 909 g/mol. The summed E-state index contributed by atoms with van der Waals surface area (Å²) >= 11 is 0. The first-order valence-corrected chi connectivity index (χ1v) is 21.9. The first-order chi connectivity index (χ1) is 32.2. The van der Waals surface area contributed by atoms with Crippen molar-refractivity contribution in [2.75, 3.05) is 32.8 Å². The second-order valence-corrected chi connectivity index (χ2v) is 16.9. The predicted molar refractivity (Wildman–Crippen MR) is 252 cm³/mol. The first kappa shape index (κ1) is 45.8. The van der Waals surface area contributed by atoms with Crippen molar-refractivity contribution >= 4 is 70.2 Å². The maximum absolute atomic E-state index is 14.0. The number of hydrogen-bond donors (Lipinski definition) is 4. The molecule has 0 unspecified atom stereocenters. The van der Waals surface area contributed by atoms with Gasteiger partial charge in [0.15, 0.2) is 23.0 Å². The maximum atomic E-state index is 14.0. The van der Waals surface area contributed by atoms with Gasteiger partial charge in [-0.25, -0.2) is 4.79 Å². The molecule has 4 atom stereocenters. The lowest BCUT2D eigenvalue weighted by molar-refractivity contribution is -0.127. The van der Waals surface area contributed by atoms with Crippen molar-refractivity contribution in [1.82, 2.24) is 15.1 Å². The molecule has 4 heterocycles. The molecule has 4 amide bonds. The topological polar surface area (TPSA) is 224 Å². The Labute approximate surface area is 386 Å². The number of benzene rings is 4. The number of aromatic carboxylic acids is 1. The van der Waals surface area contributed by atoms with Gasteiger partial charge in [-0.2, -0.15) is 0 Å². The molecule has 17 heteroatoms. The molecule has 4 aliphatic rings. The summed E-state index contributed by atoms with van der Waals surface area (Å²) < 4.78 is 23.5. The van der Waals surface area contributed by atoms with Crippen molar-refractivity contribution in [3.05, 3.63) is 113 Å². The second-order valence-electron chi connectivity index (χ2n) is 16.9. The lowest BCUT2D eigenvalue weighted by Gasteiger charge is -2.19. The Bertz CT molecular complexity index is 2750. The molecule has 4 aromatic carbocycles. The molecule has 0 spiro atoms. The zero-order chi connectivity index (χ0) is 47.5. The normalized spacial score (nSPS) is 17.8. The molecule has 0 bridgehead atoms. The molecule has 0 saturated carbocycles.